The number of anilines is 1. The summed E-state index contributed by atoms with van der Waals surface area (Å²) in [5, 5.41) is 1.59. The Bertz CT molecular complexity index is 571. The van der Waals surface area contributed by atoms with E-state index < -0.39 is 0 Å². The van der Waals surface area contributed by atoms with Crippen LogP contribution in [0.4, 0.5) is 5.00 Å². The molecule has 0 saturated carbocycles. The molecule has 0 aliphatic carbocycles. The SMILES string of the molecule is COc1cc(-c2nc(C)sc2N)cc(OC)c1OC. The van der Waals surface area contributed by atoms with E-state index in [9.17, 15) is 0 Å². The highest BCUT2D eigenvalue weighted by atomic mass is 32.1. The third-order valence-electron chi connectivity index (χ3n) is 2.70. The number of nitrogens with zero attached hydrogens (tertiary/aromatic N) is 1. The third-order valence-corrected chi connectivity index (χ3v) is 3.50. The second-order valence-electron chi connectivity index (χ2n) is 3.86. The number of nitrogens with two attached hydrogens (primary N) is 1. The van der Waals surface area contributed by atoms with Gasteiger partial charge in [-0.2, -0.15) is 0 Å². The number of rotatable bonds is 4. The van der Waals surface area contributed by atoms with Crippen LogP contribution >= 0.6 is 11.3 Å². The molecule has 0 amide bonds. The quantitative estimate of drug-likeness (QED) is 0.932. The fraction of sp³-hybridized carbons (Fsp3) is 0.308. The predicted molar refractivity (Wildman–Crippen MR) is 76.4 cm³/mol. The Morgan fingerprint density at radius 1 is 1.05 bits per heavy atom. The van der Waals surface area contributed by atoms with E-state index in [2.05, 4.69) is 4.98 Å². The summed E-state index contributed by atoms with van der Waals surface area (Å²) in [5.74, 6) is 1.73. The predicted octanol–water partition coefficient (Wildman–Crippen LogP) is 2.73. The molecule has 0 spiro atoms. The molecule has 2 aromatic rings. The van der Waals surface area contributed by atoms with Gasteiger partial charge < -0.3 is 19.9 Å². The van der Waals surface area contributed by atoms with Crippen molar-refractivity contribution in [1.82, 2.24) is 4.98 Å². The number of nitrogen functional groups attached to an aromatic ring is 1. The number of aryl methyl sites for hydroxylation is 1. The van der Waals surface area contributed by atoms with Crippen molar-refractivity contribution in [2.45, 2.75) is 6.92 Å². The molecule has 1 aromatic heterocycles. The lowest BCUT2D eigenvalue weighted by molar-refractivity contribution is 0.324. The highest BCUT2D eigenvalue weighted by Crippen LogP contribution is 2.42. The fourth-order valence-corrected chi connectivity index (χ4v) is 2.58. The highest BCUT2D eigenvalue weighted by Gasteiger charge is 2.17. The van der Waals surface area contributed by atoms with Crippen LogP contribution in [0.3, 0.4) is 0 Å². The van der Waals surface area contributed by atoms with Gasteiger partial charge in [-0.1, -0.05) is 0 Å². The fourth-order valence-electron chi connectivity index (χ4n) is 1.87. The van der Waals surface area contributed by atoms with Crippen LogP contribution in [0.25, 0.3) is 11.3 Å². The molecule has 0 atom stereocenters. The van der Waals surface area contributed by atoms with E-state index in [-0.39, 0.29) is 0 Å². The summed E-state index contributed by atoms with van der Waals surface area (Å²) >= 11 is 1.45. The summed E-state index contributed by atoms with van der Waals surface area (Å²) < 4.78 is 15.9. The molecule has 0 aliphatic heterocycles. The molecule has 1 aromatic carbocycles. The van der Waals surface area contributed by atoms with Gasteiger partial charge in [0.2, 0.25) is 5.75 Å². The van der Waals surface area contributed by atoms with Crippen LogP contribution in [0, 0.1) is 6.92 Å². The Morgan fingerprint density at radius 3 is 2.00 bits per heavy atom. The molecule has 2 rings (SSSR count). The van der Waals surface area contributed by atoms with Gasteiger partial charge in [0.15, 0.2) is 11.5 Å². The van der Waals surface area contributed by atoms with Gasteiger partial charge in [-0.3, -0.25) is 0 Å². The summed E-state index contributed by atoms with van der Waals surface area (Å²) in [6.45, 7) is 1.92. The van der Waals surface area contributed by atoms with Crippen LogP contribution in [0.5, 0.6) is 17.2 Å². The molecule has 0 unspecified atom stereocenters. The summed E-state index contributed by atoms with van der Waals surface area (Å²) in [7, 11) is 4.73. The first-order valence-electron chi connectivity index (χ1n) is 5.64. The van der Waals surface area contributed by atoms with Gasteiger partial charge >= 0.3 is 0 Å². The van der Waals surface area contributed by atoms with E-state index in [1.54, 1.807) is 21.3 Å². The summed E-state index contributed by atoms with van der Waals surface area (Å²) in [6, 6.07) is 3.68. The van der Waals surface area contributed by atoms with Gasteiger partial charge in [-0.25, -0.2) is 4.98 Å². The average Bonchev–Trinajstić information content (AvgIpc) is 2.75. The first-order chi connectivity index (χ1) is 9.10. The Labute approximate surface area is 115 Å². The van der Waals surface area contributed by atoms with Crippen LogP contribution in [-0.2, 0) is 0 Å². The van der Waals surface area contributed by atoms with Crippen LogP contribution in [0.15, 0.2) is 12.1 Å². The Kier molecular flexibility index (Phi) is 3.80. The lowest BCUT2D eigenvalue weighted by Gasteiger charge is -2.13. The van der Waals surface area contributed by atoms with E-state index in [1.807, 2.05) is 19.1 Å². The molecule has 19 heavy (non-hydrogen) atoms. The largest absolute Gasteiger partial charge is 0.493 e. The first-order valence-corrected chi connectivity index (χ1v) is 6.45. The lowest BCUT2D eigenvalue weighted by Crippen LogP contribution is -1.96. The van der Waals surface area contributed by atoms with E-state index >= 15 is 0 Å². The third kappa shape index (κ3) is 2.44. The van der Waals surface area contributed by atoms with Crippen LogP contribution in [0.2, 0.25) is 0 Å². The minimum Gasteiger partial charge on any atom is -0.493 e. The Morgan fingerprint density at radius 2 is 1.63 bits per heavy atom. The second-order valence-corrected chi connectivity index (χ2v) is 5.09. The maximum absolute atomic E-state index is 5.97. The highest BCUT2D eigenvalue weighted by molar-refractivity contribution is 7.16. The van der Waals surface area contributed by atoms with Crippen LogP contribution in [-0.4, -0.2) is 26.3 Å². The number of benzene rings is 1. The molecular weight excluding hydrogens is 264 g/mol. The van der Waals surface area contributed by atoms with E-state index in [0.29, 0.717) is 22.2 Å². The standard InChI is InChI=1S/C13H16N2O3S/c1-7-15-11(13(14)19-7)8-5-9(16-2)12(18-4)10(6-8)17-3/h5-6H,14H2,1-4H3. The number of hydrogen-bond donors (Lipinski definition) is 1. The summed E-state index contributed by atoms with van der Waals surface area (Å²) in [6.07, 6.45) is 0. The van der Waals surface area contributed by atoms with Crippen molar-refractivity contribution in [2.24, 2.45) is 0 Å². The Balaban J connectivity index is 2.62. The van der Waals surface area contributed by atoms with Crippen molar-refractivity contribution >= 4 is 16.3 Å². The molecule has 102 valence electrons. The molecule has 2 N–H and O–H groups in total. The molecule has 1 heterocycles. The topological polar surface area (TPSA) is 66.6 Å². The van der Waals surface area contributed by atoms with Crippen LogP contribution in [0.1, 0.15) is 5.01 Å². The second kappa shape index (κ2) is 5.36. The van der Waals surface area contributed by atoms with Gasteiger partial charge in [-0.05, 0) is 19.1 Å². The molecule has 0 fully saturated rings. The zero-order valence-electron chi connectivity index (χ0n) is 11.3. The van der Waals surface area contributed by atoms with E-state index in [4.69, 9.17) is 19.9 Å². The molecule has 0 aliphatic rings. The van der Waals surface area contributed by atoms with Crippen molar-refractivity contribution in [1.29, 1.82) is 0 Å². The van der Waals surface area contributed by atoms with Crippen molar-refractivity contribution in [2.75, 3.05) is 27.1 Å². The zero-order valence-corrected chi connectivity index (χ0v) is 12.1. The zero-order chi connectivity index (χ0) is 14.0. The molecule has 0 bridgehead atoms. The normalized spacial score (nSPS) is 10.3. The number of ether oxygens (including phenoxy) is 3. The lowest BCUT2D eigenvalue weighted by atomic mass is 10.1. The average molecular weight is 280 g/mol. The van der Waals surface area contributed by atoms with Crippen LogP contribution < -0.4 is 19.9 Å². The monoisotopic (exact) mass is 280 g/mol. The summed E-state index contributed by atoms with van der Waals surface area (Å²) in [5.41, 5.74) is 7.55. The van der Waals surface area contributed by atoms with Crippen molar-refractivity contribution in [3.63, 3.8) is 0 Å². The first kappa shape index (κ1) is 13.5. The maximum atomic E-state index is 5.97. The minimum atomic E-state index is 0.555. The smallest absolute Gasteiger partial charge is 0.203 e. The van der Waals surface area contributed by atoms with Crippen molar-refractivity contribution in [3.8, 4) is 28.5 Å². The molecule has 5 nitrogen and oxygen atoms in total. The van der Waals surface area contributed by atoms with Gasteiger partial charge in [0.05, 0.1) is 26.3 Å². The number of hydrogen-bond acceptors (Lipinski definition) is 6. The van der Waals surface area contributed by atoms with Gasteiger partial charge in [0, 0.05) is 5.56 Å². The molecule has 0 radical (unpaired) electrons. The number of thiazole rings is 1. The molecular formula is C13H16N2O3S. The van der Waals surface area contributed by atoms with Crippen molar-refractivity contribution < 1.29 is 14.2 Å². The van der Waals surface area contributed by atoms with Gasteiger partial charge in [0.1, 0.15) is 10.7 Å². The Hall–Kier alpha value is -1.95. The maximum Gasteiger partial charge on any atom is 0.203 e. The van der Waals surface area contributed by atoms with Crippen molar-refractivity contribution in [3.05, 3.63) is 17.1 Å². The minimum absolute atomic E-state index is 0.555. The number of methoxy groups -OCH3 is 3. The molecule has 6 heteroatoms. The van der Waals surface area contributed by atoms with Gasteiger partial charge in [-0.15, -0.1) is 11.3 Å². The van der Waals surface area contributed by atoms with E-state index in [0.717, 1.165) is 16.3 Å². The number of aromatic nitrogens is 1. The molecule has 0 saturated heterocycles. The summed E-state index contributed by atoms with van der Waals surface area (Å²) in [4.78, 5) is 4.43. The van der Waals surface area contributed by atoms with Gasteiger partial charge in [0.25, 0.3) is 0 Å². The van der Waals surface area contributed by atoms with E-state index in [1.165, 1.54) is 11.3 Å².